The van der Waals surface area contributed by atoms with E-state index in [-0.39, 0.29) is 11.2 Å². The van der Waals surface area contributed by atoms with E-state index in [1.165, 1.54) is 19.3 Å². The van der Waals surface area contributed by atoms with E-state index in [2.05, 4.69) is 11.0 Å². The topological polar surface area (TPSA) is 29.3 Å². The fourth-order valence-electron chi connectivity index (χ4n) is 2.99. The molecule has 1 aromatic rings. The number of anilines is 1. The van der Waals surface area contributed by atoms with E-state index < -0.39 is 0 Å². The van der Waals surface area contributed by atoms with Gasteiger partial charge in [-0.25, -0.2) is 4.39 Å². The van der Waals surface area contributed by atoms with E-state index in [1.54, 1.807) is 6.07 Å². The highest BCUT2D eigenvalue weighted by molar-refractivity contribution is 5.51. The minimum Gasteiger partial charge on any atom is -0.369 e. The van der Waals surface area contributed by atoms with Gasteiger partial charge < -0.3 is 10.6 Å². The number of hydrogen-bond donors (Lipinski definition) is 1. The molecule has 1 aliphatic heterocycles. The predicted molar refractivity (Wildman–Crippen MR) is 72.4 cm³/mol. The van der Waals surface area contributed by atoms with Gasteiger partial charge in [-0.2, -0.15) is 0 Å². The zero-order valence-corrected chi connectivity index (χ0v) is 10.8. The summed E-state index contributed by atoms with van der Waals surface area (Å²) in [6.45, 7) is 2.60. The highest BCUT2D eigenvalue weighted by atomic mass is 19.1. The van der Waals surface area contributed by atoms with E-state index in [1.807, 2.05) is 6.07 Å². The van der Waals surface area contributed by atoms with Crippen LogP contribution in [0.4, 0.5) is 10.1 Å². The molecule has 1 saturated carbocycles. The molecule has 1 saturated heterocycles. The Kier molecular flexibility index (Phi) is 3.02. The maximum atomic E-state index is 14.2. The molecule has 0 aromatic heterocycles. The second-order valence-electron chi connectivity index (χ2n) is 5.70. The average Bonchev–Trinajstić information content (AvgIpc) is 3.21. The maximum absolute atomic E-state index is 14.2. The van der Waals surface area contributed by atoms with Gasteiger partial charge in [-0.05, 0) is 49.8 Å². The lowest BCUT2D eigenvalue weighted by Crippen LogP contribution is -2.30. The summed E-state index contributed by atoms with van der Waals surface area (Å²) in [5.41, 5.74) is 7.74. The fourth-order valence-corrected chi connectivity index (χ4v) is 2.99. The van der Waals surface area contributed by atoms with Gasteiger partial charge in [0.2, 0.25) is 0 Å². The van der Waals surface area contributed by atoms with Gasteiger partial charge >= 0.3 is 0 Å². The number of benzene rings is 1. The smallest absolute Gasteiger partial charge is 0.146 e. The third kappa shape index (κ3) is 2.01. The second kappa shape index (κ2) is 4.54. The molecule has 0 amide bonds. The normalized spacial score (nSPS) is 22.0. The van der Waals surface area contributed by atoms with Crippen molar-refractivity contribution in [2.75, 3.05) is 24.5 Å². The van der Waals surface area contributed by atoms with Gasteiger partial charge in [-0.3, -0.25) is 0 Å². The van der Waals surface area contributed by atoms with E-state index in [0.29, 0.717) is 6.54 Å². The van der Waals surface area contributed by atoms with Crippen LogP contribution < -0.4 is 10.6 Å². The van der Waals surface area contributed by atoms with Gasteiger partial charge in [-0.1, -0.05) is 6.07 Å². The molecule has 1 aromatic carbocycles. The van der Waals surface area contributed by atoms with Crippen LogP contribution in [0.15, 0.2) is 18.2 Å². The van der Waals surface area contributed by atoms with Crippen molar-refractivity contribution in [2.24, 2.45) is 5.73 Å². The lowest BCUT2D eigenvalue weighted by Gasteiger charge is -2.29. The Morgan fingerprint density at radius 3 is 2.44 bits per heavy atom. The lowest BCUT2D eigenvalue weighted by molar-refractivity contribution is 0.555. The van der Waals surface area contributed by atoms with E-state index >= 15 is 0 Å². The number of halogens is 1. The van der Waals surface area contributed by atoms with Gasteiger partial charge in [0.1, 0.15) is 5.82 Å². The number of nitrogens with two attached hydrogens (primary N) is 1. The van der Waals surface area contributed by atoms with E-state index in [0.717, 1.165) is 37.2 Å². The zero-order valence-electron chi connectivity index (χ0n) is 10.8. The monoisotopic (exact) mass is 248 g/mol. The molecule has 0 atom stereocenters. The highest BCUT2D eigenvalue weighted by Gasteiger charge is 2.43. The molecular formula is C15H21FN2. The summed E-state index contributed by atoms with van der Waals surface area (Å²) in [4.78, 5) is 2.17. The Labute approximate surface area is 108 Å². The van der Waals surface area contributed by atoms with Crippen molar-refractivity contribution in [1.29, 1.82) is 0 Å². The molecular weight excluding hydrogens is 227 g/mol. The number of hydrogen-bond acceptors (Lipinski definition) is 2. The van der Waals surface area contributed by atoms with Crippen LogP contribution in [0.5, 0.6) is 0 Å². The Balaban J connectivity index is 1.84. The number of rotatable bonds is 3. The molecule has 0 radical (unpaired) electrons. The predicted octanol–water partition coefficient (Wildman–Crippen LogP) is 2.81. The molecule has 2 fully saturated rings. The molecule has 0 spiro atoms. The van der Waals surface area contributed by atoms with Crippen LogP contribution in [0.1, 0.15) is 37.7 Å². The van der Waals surface area contributed by atoms with Crippen LogP contribution >= 0.6 is 0 Å². The molecule has 3 heteroatoms. The summed E-state index contributed by atoms with van der Waals surface area (Å²) in [5, 5.41) is 0. The Hall–Kier alpha value is -1.09. The Morgan fingerprint density at radius 1 is 1.17 bits per heavy atom. The summed E-state index contributed by atoms with van der Waals surface area (Å²) < 4.78 is 14.2. The molecule has 3 rings (SSSR count). The summed E-state index contributed by atoms with van der Waals surface area (Å²) in [6, 6.07) is 5.74. The van der Waals surface area contributed by atoms with Crippen LogP contribution in [-0.4, -0.2) is 19.6 Å². The molecule has 0 bridgehead atoms. The largest absolute Gasteiger partial charge is 0.369 e. The maximum Gasteiger partial charge on any atom is 0.146 e. The van der Waals surface area contributed by atoms with Crippen molar-refractivity contribution in [3.8, 4) is 0 Å². The fraction of sp³-hybridized carbons (Fsp3) is 0.600. The van der Waals surface area contributed by atoms with Crippen molar-refractivity contribution in [3.63, 3.8) is 0 Å². The SMILES string of the molecule is NCC1(c2ccc(N3CCCCC3)c(F)c2)CC1. The first-order valence-electron chi connectivity index (χ1n) is 7.00. The molecule has 98 valence electrons. The van der Waals surface area contributed by atoms with Crippen LogP contribution in [0.3, 0.4) is 0 Å². The summed E-state index contributed by atoms with van der Waals surface area (Å²) in [5.74, 6) is -0.0749. The minimum atomic E-state index is -0.0749. The zero-order chi connectivity index (χ0) is 12.6. The number of nitrogens with zero attached hydrogens (tertiary/aromatic N) is 1. The van der Waals surface area contributed by atoms with E-state index in [9.17, 15) is 4.39 Å². The molecule has 1 aliphatic carbocycles. The first-order valence-corrected chi connectivity index (χ1v) is 7.00. The number of piperidine rings is 1. The summed E-state index contributed by atoms with van der Waals surface area (Å²) >= 11 is 0. The average molecular weight is 248 g/mol. The van der Waals surface area contributed by atoms with Crippen LogP contribution in [0.25, 0.3) is 0 Å². The molecule has 0 unspecified atom stereocenters. The van der Waals surface area contributed by atoms with Crippen LogP contribution in [0, 0.1) is 5.82 Å². The van der Waals surface area contributed by atoms with Crippen LogP contribution in [0.2, 0.25) is 0 Å². The van der Waals surface area contributed by atoms with Gasteiger partial charge in [0.05, 0.1) is 5.69 Å². The van der Waals surface area contributed by atoms with Crippen molar-refractivity contribution in [2.45, 2.75) is 37.5 Å². The Morgan fingerprint density at radius 2 is 1.89 bits per heavy atom. The summed E-state index contributed by atoms with van der Waals surface area (Å²) in [6.07, 6.45) is 5.83. The Bertz CT molecular complexity index is 434. The van der Waals surface area contributed by atoms with Crippen LogP contribution in [-0.2, 0) is 5.41 Å². The first kappa shape index (κ1) is 12.0. The molecule has 1 heterocycles. The molecule has 18 heavy (non-hydrogen) atoms. The summed E-state index contributed by atoms with van der Waals surface area (Å²) in [7, 11) is 0. The molecule has 2 nitrogen and oxygen atoms in total. The van der Waals surface area contributed by atoms with Crippen molar-refractivity contribution in [3.05, 3.63) is 29.6 Å². The third-order valence-corrected chi connectivity index (χ3v) is 4.50. The lowest BCUT2D eigenvalue weighted by atomic mass is 9.95. The molecule has 2 N–H and O–H groups in total. The van der Waals surface area contributed by atoms with Crippen molar-refractivity contribution >= 4 is 5.69 Å². The first-order chi connectivity index (χ1) is 8.75. The van der Waals surface area contributed by atoms with Gasteiger partial charge in [0.25, 0.3) is 0 Å². The van der Waals surface area contributed by atoms with Gasteiger partial charge in [-0.15, -0.1) is 0 Å². The second-order valence-corrected chi connectivity index (χ2v) is 5.70. The standard InChI is InChI=1S/C15H21FN2/c16-13-10-12(15(11-17)6-7-15)4-5-14(13)18-8-2-1-3-9-18/h4-5,10H,1-3,6-9,11,17H2. The third-order valence-electron chi connectivity index (χ3n) is 4.50. The van der Waals surface area contributed by atoms with Crippen molar-refractivity contribution in [1.82, 2.24) is 0 Å². The van der Waals surface area contributed by atoms with Crippen molar-refractivity contribution < 1.29 is 4.39 Å². The van der Waals surface area contributed by atoms with Gasteiger partial charge in [0.15, 0.2) is 0 Å². The molecule has 2 aliphatic rings. The quantitative estimate of drug-likeness (QED) is 0.891. The minimum absolute atomic E-state index is 0.0749. The van der Waals surface area contributed by atoms with Gasteiger partial charge in [0, 0.05) is 25.0 Å². The van der Waals surface area contributed by atoms with E-state index in [4.69, 9.17) is 5.73 Å². The highest BCUT2D eigenvalue weighted by Crippen LogP contribution is 2.47.